The molecule has 7 heteroatoms. The fourth-order valence-corrected chi connectivity index (χ4v) is 2.55. The van der Waals surface area contributed by atoms with Crippen LogP contribution in [0.2, 0.25) is 0 Å². The van der Waals surface area contributed by atoms with Gasteiger partial charge in [-0.1, -0.05) is 24.3 Å². The summed E-state index contributed by atoms with van der Waals surface area (Å²) in [5.41, 5.74) is 1.69. The van der Waals surface area contributed by atoms with Gasteiger partial charge in [-0.25, -0.2) is 0 Å². The molecule has 0 amide bonds. The van der Waals surface area contributed by atoms with Crippen LogP contribution in [0.4, 0.5) is 5.69 Å². The minimum atomic E-state index is -0.479. The van der Waals surface area contributed by atoms with Crippen molar-refractivity contribution >= 4 is 17.5 Å². The fraction of sp³-hybridized carbons (Fsp3) is 0.0526. The van der Waals surface area contributed by atoms with E-state index in [2.05, 4.69) is 0 Å². The molecule has 0 saturated heterocycles. The average molecular weight is 350 g/mol. The number of nitro benzene ring substituents is 1. The van der Waals surface area contributed by atoms with Crippen molar-refractivity contribution in [1.82, 2.24) is 0 Å². The lowest BCUT2D eigenvalue weighted by atomic mass is 10.1. The van der Waals surface area contributed by atoms with Gasteiger partial charge in [0.25, 0.3) is 11.4 Å². The van der Waals surface area contributed by atoms with Crippen molar-refractivity contribution in [3.63, 3.8) is 0 Å². The maximum absolute atomic E-state index is 11.4. The van der Waals surface area contributed by atoms with E-state index in [-0.39, 0.29) is 11.4 Å². The summed E-state index contributed by atoms with van der Waals surface area (Å²) in [5.74, 6) is 0.703. The highest BCUT2D eigenvalue weighted by atomic mass is 16.6. The monoisotopic (exact) mass is 350 g/mol. The molecule has 0 bridgehead atoms. The predicted octanol–water partition coefficient (Wildman–Crippen LogP) is 4.94. The summed E-state index contributed by atoms with van der Waals surface area (Å²) >= 11 is 0. The normalized spacial score (nSPS) is 11.3. The van der Waals surface area contributed by atoms with Crippen LogP contribution in [0.25, 0.3) is 23.1 Å². The molecule has 0 aliphatic carbocycles. The van der Waals surface area contributed by atoms with Crippen molar-refractivity contribution in [3.05, 3.63) is 97.8 Å². The van der Waals surface area contributed by atoms with Crippen LogP contribution in [-0.2, 0) is 0 Å². The SMILES string of the molecule is Cc1ccc([N+](=O)[O-])cc1-c1ccc(/C=C(/c2ccccc2)[N+](=O)[O-])o1. The molecule has 2 aromatic carbocycles. The second-order valence-electron chi connectivity index (χ2n) is 5.61. The molecule has 0 aliphatic rings. The lowest BCUT2D eigenvalue weighted by Gasteiger charge is -2.02. The second kappa shape index (κ2) is 7.02. The van der Waals surface area contributed by atoms with E-state index >= 15 is 0 Å². The number of benzene rings is 2. The number of furan rings is 1. The zero-order valence-electron chi connectivity index (χ0n) is 13.8. The number of hydrogen-bond donors (Lipinski definition) is 0. The Morgan fingerprint density at radius 1 is 1.00 bits per heavy atom. The Balaban J connectivity index is 2.01. The Morgan fingerprint density at radius 2 is 1.73 bits per heavy atom. The molecule has 0 N–H and O–H groups in total. The maximum atomic E-state index is 11.4. The van der Waals surface area contributed by atoms with E-state index < -0.39 is 9.85 Å². The molecule has 0 saturated carbocycles. The van der Waals surface area contributed by atoms with Crippen molar-refractivity contribution < 1.29 is 14.3 Å². The molecule has 0 unspecified atom stereocenters. The third-order valence-corrected chi connectivity index (χ3v) is 3.87. The summed E-state index contributed by atoms with van der Waals surface area (Å²) in [4.78, 5) is 21.4. The summed E-state index contributed by atoms with van der Waals surface area (Å²) < 4.78 is 5.68. The third kappa shape index (κ3) is 3.51. The van der Waals surface area contributed by atoms with E-state index in [1.165, 1.54) is 18.2 Å². The summed E-state index contributed by atoms with van der Waals surface area (Å²) in [7, 11) is 0. The van der Waals surface area contributed by atoms with Gasteiger partial charge in [0.1, 0.15) is 11.5 Å². The number of nitrogens with zero attached hydrogens (tertiary/aromatic N) is 2. The molecule has 0 fully saturated rings. The van der Waals surface area contributed by atoms with Crippen molar-refractivity contribution in [2.24, 2.45) is 0 Å². The Labute approximate surface area is 148 Å². The van der Waals surface area contributed by atoms with E-state index in [9.17, 15) is 20.2 Å². The smallest absolute Gasteiger partial charge is 0.280 e. The second-order valence-corrected chi connectivity index (χ2v) is 5.61. The minimum absolute atomic E-state index is 0.0469. The molecule has 3 rings (SSSR count). The van der Waals surface area contributed by atoms with Gasteiger partial charge < -0.3 is 4.42 Å². The van der Waals surface area contributed by atoms with Gasteiger partial charge in [-0.3, -0.25) is 20.2 Å². The zero-order valence-corrected chi connectivity index (χ0v) is 13.8. The third-order valence-electron chi connectivity index (χ3n) is 3.87. The summed E-state index contributed by atoms with van der Waals surface area (Å²) in [6, 6.07) is 16.2. The van der Waals surface area contributed by atoms with Crippen LogP contribution in [0, 0.1) is 27.2 Å². The van der Waals surface area contributed by atoms with Gasteiger partial charge in [0, 0.05) is 17.7 Å². The van der Waals surface area contributed by atoms with Gasteiger partial charge in [-0.15, -0.1) is 0 Å². The maximum Gasteiger partial charge on any atom is 0.280 e. The number of nitro groups is 2. The van der Waals surface area contributed by atoms with Gasteiger partial charge in [0.05, 0.1) is 21.5 Å². The van der Waals surface area contributed by atoms with Crippen LogP contribution < -0.4 is 0 Å². The van der Waals surface area contributed by atoms with Gasteiger partial charge in [0.2, 0.25) is 0 Å². The van der Waals surface area contributed by atoms with E-state index in [0.717, 1.165) is 5.56 Å². The zero-order chi connectivity index (χ0) is 18.7. The van der Waals surface area contributed by atoms with E-state index in [4.69, 9.17) is 4.42 Å². The van der Waals surface area contributed by atoms with E-state index in [1.807, 2.05) is 6.92 Å². The molecule has 0 spiro atoms. The lowest BCUT2D eigenvalue weighted by Crippen LogP contribution is -1.97. The molecule has 1 aromatic heterocycles. The molecular formula is C19H14N2O5. The first kappa shape index (κ1) is 17.1. The number of non-ortho nitro benzene ring substituents is 1. The Bertz CT molecular complexity index is 1010. The largest absolute Gasteiger partial charge is 0.456 e. The molecule has 7 nitrogen and oxygen atoms in total. The predicted molar refractivity (Wildman–Crippen MR) is 96.8 cm³/mol. The highest BCUT2D eigenvalue weighted by Gasteiger charge is 2.17. The van der Waals surface area contributed by atoms with Gasteiger partial charge in [0.15, 0.2) is 0 Å². The average Bonchev–Trinajstić information content (AvgIpc) is 3.09. The topological polar surface area (TPSA) is 99.4 Å². The Morgan fingerprint density at radius 3 is 2.38 bits per heavy atom. The summed E-state index contributed by atoms with van der Waals surface area (Å²) in [5, 5.41) is 22.3. The van der Waals surface area contributed by atoms with Crippen LogP contribution in [0.3, 0.4) is 0 Å². The lowest BCUT2D eigenvalue weighted by molar-refractivity contribution is -0.384. The quantitative estimate of drug-likeness (QED) is 0.479. The van der Waals surface area contributed by atoms with Crippen molar-refractivity contribution in [2.75, 3.05) is 0 Å². The van der Waals surface area contributed by atoms with Crippen LogP contribution in [0.15, 0.2) is 65.1 Å². The fourth-order valence-electron chi connectivity index (χ4n) is 2.55. The number of rotatable bonds is 5. The van der Waals surface area contributed by atoms with Crippen molar-refractivity contribution in [2.45, 2.75) is 6.92 Å². The minimum Gasteiger partial charge on any atom is -0.456 e. The first-order valence-electron chi connectivity index (χ1n) is 7.72. The first-order valence-corrected chi connectivity index (χ1v) is 7.72. The standard InChI is InChI=1S/C19H14N2O5/c1-13-7-8-15(20(22)23)11-17(13)19-10-9-16(26-19)12-18(21(24)25)14-5-3-2-4-6-14/h2-12H,1H3/b18-12-. The molecular weight excluding hydrogens is 336 g/mol. The molecule has 0 atom stereocenters. The van der Waals surface area contributed by atoms with Gasteiger partial charge in [-0.05, 0) is 36.8 Å². The van der Waals surface area contributed by atoms with Crippen LogP contribution in [0.1, 0.15) is 16.9 Å². The van der Waals surface area contributed by atoms with Crippen LogP contribution >= 0.6 is 0 Å². The number of hydrogen-bond acceptors (Lipinski definition) is 5. The summed E-state index contributed by atoms with van der Waals surface area (Å²) in [6.45, 7) is 1.81. The van der Waals surface area contributed by atoms with E-state index in [0.29, 0.717) is 22.6 Å². The number of aryl methyl sites for hydroxylation is 1. The molecule has 130 valence electrons. The molecule has 0 radical (unpaired) electrons. The van der Waals surface area contributed by atoms with E-state index in [1.54, 1.807) is 48.5 Å². The Hall–Kier alpha value is -3.74. The molecule has 26 heavy (non-hydrogen) atoms. The van der Waals surface area contributed by atoms with Crippen LogP contribution in [-0.4, -0.2) is 9.85 Å². The van der Waals surface area contributed by atoms with Crippen LogP contribution in [0.5, 0.6) is 0 Å². The highest BCUT2D eigenvalue weighted by Crippen LogP contribution is 2.30. The van der Waals surface area contributed by atoms with Gasteiger partial charge in [-0.2, -0.15) is 0 Å². The molecule has 0 aliphatic heterocycles. The Kier molecular flexibility index (Phi) is 4.62. The first-order chi connectivity index (χ1) is 12.5. The molecule has 3 aromatic rings. The highest BCUT2D eigenvalue weighted by molar-refractivity contribution is 5.76. The van der Waals surface area contributed by atoms with Gasteiger partial charge >= 0.3 is 0 Å². The van der Waals surface area contributed by atoms with Crippen molar-refractivity contribution in [1.29, 1.82) is 0 Å². The molecule has 1 heterocycles. The van der Waals surface area contributed by atoms with Crippen molar-refractivity contribution in [3.8, 4) is 11.3 Å². The summed E-state index contributed by atoms with van der Waals surface area (Å²) in [6.07, 6.45) is 1.34.